The lowest BCUT2D eigenvalue weighted by Gasteiger charge is -2.43. The van der Waals surface area contributed by atoms with E-state index < -0.39 is 0 Å². The Hall–Kier alpha value is -1.30. The number of fused-ring (bicyclic) bond motifs is 1. The van der Waals surface area contributed by atoms with Gasteiger partial charge in [0.15, 0.2) is 0 Å². The van der Waals surface area contributed by atoms with Crippen molar-refractivity contribution in [1.29, 1.82) is 0 Å². The fourth-order valence-corrected chi connectivity index (χ4v) is 4.52. The predicted octanol–water partition coefficient (Wildman–Crippen LogP) is 2.67. The number of hydrogen-bond acceptors (Lipinski definition) is 4. The van der Waals surface area contributed by atoms with Crippen LogP contribution >= 0.6 is 11.8 Å². The van der Waals surface area contributed by atoms with Crippen molar-refractivity contribution < 1.29 is 4.79 Å². The van der Waals surface area contributed by atoms with Gasteiger partial charge in [-0.05, 0) is 37.1 Å². The van der Waals surface area contributed by atoms with Crippen LogP contribution in [-0.4, -0.2) is 42.0 Å². The number of nitrogens with one attached hydrogen (secondary N) is 2. The molecule has 24 heavy (non-hydrogen) atoms. The number of piperidine rings is 1. The van der Waals surface area contributed by atoms with E-state index in [1.54, 1.807) is 11.8 Å². The highest BCUT2D eigenvalue weighted by atomic mass is 32.2. The first-order valence-corrected chi connectivity index (χ1v) is 9.86. The molecular formula is C19H27N3OS. The summed E-state index contributed by atoms with van der Waals surface area (Å²) in [5, 5.41) is 6.77. The molecule has 0 saturated carbocycles. The zero-order valence-corrected chi connectivity index (χ0v) is 15.1. The molecule has 0 bridgehead atoms. The second-order valence-corrected chi connectivity index (χ2v) is 7.71. The summed E-state index contributed by atoms with van der Waals surface area (Å²) in [6.07, 6.45) is 4.06. The molecule has 3 rings (SSSR count). The van der Waals surface area contributed by atoms with Crippen molar-refractivity contribution in [3.63, 3.8) is 0 Å². The van der Waals surface area contributed by atoms with Crippen molar-refractivity contribution in [2.45, 2.75) is 37.1 Å². The molecule has 130 valence electrons. The monoisotopic (exact) mass is 345 g/mol. The molecule has 2 saturated heterocycles. The fraction of sp³-hybridized carbons (Fsp3) is 0.526. The normalized spacial score (nSPS) is 27.4. The SMILES string of the molecule is C=Cc1ccc(CSC2NC(=O)C3CN(CCC)CCC3N2)cc1. The molecule has 4 nitrogen and oxygen atoms in total. The second-order valence-electron chi connectivity index (χ2n) is 6.61. The van der Waals surface area contributed by atoms with Gasteiger partial charge in [-0.2, -0.15) is 0 Å². The van der Waals surface area contributed by atoms with Crippen LogP contribution in [-0.2, 0) is 10.5 Å². The van der Waals surface area contributed by atoms with E-state index in [4.69, 9.17) is 0 Å². The molecule has 1 aromatic rings. The molecule has 0 radical (unpaired) electrons. The van der Waals surface area contributed by atoms with E-state index >= 15 is 0 Å². The lowest BCUT2D eigenvalue weighted by atomic mass is 9.90. The molecule has 2 aliphatic rings. The quantitative estimate of drug-likeness (QED) is 0.832. The van der Waals surface area contributed by atoms with E-state index in [9.17, 15) is 4.79 Å². The molecule has 2 fully saturated rings. The van der Waals surface area contributed by atoms with Crippen molar-refractivity contribution >= 4 is 23.7 Å². The van der Waals surface area contributed by atoms with E-state index in [1.165, 1.54) is 5.56 Å². The summed E-state index contributed by atoms with van der Waals surface area (Å²) < 4.78 is 0. The highest BCUT2D eigenvalue weighted by molar-refractivity contribution is 7.99. The molecule has 1 amide bonds. The largest absolute Gasteiger partial charge is 0.331 e. The minimum atomic E-state index is 0.00977. The summed E-state index contributed by atoms with van der Waals surface area (Å²) in [6.45, 7) is 9.04. The maximum Gasteiger partial charge on any atom is 0.227 e. The number of nitrogens with zero attached hydrogens (tertiary/aromatic N) is 1. The maximum atomic E-state index is 12.5. The predicted molar refractivity (Wildman–Crippen MR) is 102 cm³/mol. The van der Waals surface area contributed by atoms with E-state index in [0.717, 1.165) is 43.8 Å². The average molecular weight is 346 g/mol. The number of carbonyl (C=O) groups is 1. The third-order valence-electron chi connectivity index (χ3n) is 4.84. The summed E-state index contributed by atoms with van der Waals surface area (Å²) >= 11 is 1.75. The van der Waals surface area contributed by atoms with Gasteiger partial charge in [-0.15, -0.1) is 11.8 Å². The Kier molecular flexibility index (Phi) is 5.98. The van der Waals surface area contributed by atoms with Crippen LogP contribution in [0, 0.1) is 5.92 Å². The van der Waals surface area contributed by atoms with Crippen LogP contribution in [0.5, 0.6) is 0 Å². The highest BCUT2D eigenvalue weighted by Gasteiger charge is 2.39. The van der Waals surface area contributed by atoms with Crippen LogP contribution in [0.4, 0.5) is 0 Å². The van der Waals surface area contributed by atoms with Crippen molar-refractivity contribution in [1.82, 2.24) is 15.5 Å². The average Bonchev–Trinajstić information content (AvgIpc) is 2.61. The zero-order valence-electron chi connectivity index (χ0n) is 14.3. The highest BCUT2D eigenvalue weighted by Crippen LogP contribution is 2.25. The van der Waals surface area contributed by atoms with Crippen molar-refractivity contribution in [3.8, 4) is 0 Å². The van der Waals surface area contributed by atoms with E-state index in [0.29, 0.717) is 6.04 Å². The smallest absolute Gasteiger partial charge is 0.227 e. The summed E-state index contributed by atoms with van der Waals surface area (Å²) in [5.74, 6) is 1.18. The van der Waals surface area contributed by atoms with Crippen LogP contribution in [0.1, 0.15) is 30.9 Å². The molecule has 2 N–H and O–H groups in total. The Labute approximate surface area is 149 Å². The van der Waals surface area contributed by atoms with Gasteiger partial charge < -0.3 is 10.2 Å². The summed E-state index contributed by atoms with van der Waals surface area (Å²) in [5.41, 5.74) is 2.41. The number of amides is 1. The van der Waals surface area contributed by atoms with Gasteiger partial charge in [0.05, 0.1) is 5.92 Å². The summed E-state index contributed by atoms with van der Waals surface area (Å²) in [6, 6.07) is 8.72. The van der Waals surface area contributed by atoms with Crippen LogP contribution in [0.3, 0.4) is 0 Å². The molecule has 2 heterocycles. The van der Waals surface area contributed by atoms with Crippen LogP contribution in [0.2, 0.25) is 0 Å². The third-order valence-corrected chi connectivity index (χ3v) is 5.93. The van der Waals surface area contributed by atoms with Gasteiger partial charge in [0.1, 0.15) is 5.50 Å². The zero-order chi connectivity index (χ0) is 16.9. The van der Waals surface area contributed by atoms with Crippen molar-refractivity contribution in [3.05, 3.63) is 42.0 Å². The molecule has 1 aromatic carbocycles. The van der Waals surface area contributed by atoms with Gasteiger partial charge in [0, 0.05) is 18.3 Å². The number of likely N-dealkylation sites (tertiary alicyclic amines) is 1. The van der Waals surface area contributed by atoms with Crippen molar-refractivity contribution in [2.24, 2.45) is 5.92 Å². The van der Waals surface area contributed by atoms with Gasteiger partial charge in [-0.3, -0.25) is 10.1 Å². The topological polar surface area (TPSA) is 44.4 Å². The number of rotatable bonds is 6. The van der Waals surface area contributed by atoms with Gasteiger partial charge in [-0.25, -0.2) is 0 Å². The Morgan fingerprint density at radius 3 is 2.88 bits per heavy atom. The standard InChI is InChI=1S/C19H27N3OS/c1-3-10-22-11-9-17-16(12-22)18(23)21-19(20-17)24-13-15-7-5-14(4-2)6-8-15/h4-8,16-17,19-20H,2-3,9-13H2,1H3,(H,21,23). The minimum Gasteiger partial charge on any atom is -0.331 e. The molecule has 3 atom stereocenters. The number of hydrogen-bond donors (Lipinski definition) is 2. The van der Waals surface area contributed by atoms with Gasteiger partial charge >= 0.3 is 0 Å². The molecule has 2 aliphatic heterocycles. The first-order chi connectivity index (χ1) is 11.7. The van der Waals surface area contributed by atoms with Crippen LogP contribution < -0.4 is 10.6 Å². The van der Waals surface area contributed by atoms with Crippen LogP contribution in [0.15, 0.2) is 30.8 Å². The van der Waals surface area contributed by atoms with E-state index in [1.807, 2.05) is 6.08 Å². The first kappa shape index (κ1) is 17.5. The van der Waals surface area contributed by atoms with E-state index in [-0.39, 0.29) is 17.3 Å². The fourth-order valence-electron chi connectivity index (χ4n) is 3.50. The lowest BCUT2D eigenvalue weighted by molar-refractivity contribution is -0.130. The molecule has 0 aromatic heterocycles. The Bertz CT molecular complexity index is 574. The number of thioether (sulfide) groups is 1. The first-order valence-electron chi connectivity index (χ1n) is 8.81. The van der Waals surface area contributed by atoms with Crippen molar-refractivity contribution in [2.75, 3.05) is 19.6 Å². The lowest BCUT2D eigenvalue weighted by Crippen LogP contribution is -2.64. The van der Waals surface area contributed by atoms with Gasteiger partial charge in [-0.1, -0.05) is 43.8 Å². The second kappa shape index (κ2) is 8.19. The third kappa shape index (κ3) is 4.21. The summed E-state index contributed by atoms with van der Waals surface area (Å²) in [7, 11) is 0. The number of benzene rings is 1. The molecule has 0 aliphatic carbocycles. The molecule has 5 heteroatoms. The van der Waals surface area contributed by atoms with Gasteiger partial charge in [0.2, 0.25) is 5.91 Å². The summed E-state index contributed by atoms with van der Waals surface area (Å²) in [4.78, 5) is 14.9. The number of carbonyl (C=O) groups excluding carboxylic acids is 1. The Morgan fingerprint density at radius 2 is 2.17 bits per heavy atom. The minimum absolute atomic E-state index is 0.00977. The maximum absolute atomic E-state index is 12.5. The Morgan fingerprint density at radius 1 is 1.38 bits per heavy atom. The van der Waals surface area contributed by atoms with Gasteiger partial charge in [0.25, 0.3) is 0 Å². The molecular weight excluding hydrogens is 318 g/mol. The van der Waals surface area contributed by atoms with E-state index in [2.05, 4.69) is 53.3 Å². The molecule has 0 spiro atoms. The Balaban J connectivity index is 1.52. The molecule has 3 unspecified atom stereocenters. The van der Waals surface area contributed by atoms with Crippen LogP contribution in [0.25, 0.3) is 6.08 Å².